The summed E-state index contributed by atoms with van der Waals surface area (Å²) in [5.74, 6) is 2.59. The van der Waals surface area contributed by atoms with Crippen molar-refractivity contribution in [3.63, 3.8) is 0 Å². The highest BCUT2D eigenvalue weighted by Crippen LogP contribution is 2.28. The molecule has 1 N–H and O–H groups in total. The number of hydrogen-bond acceptors (Lipinski definition) is 5. The number of methoxy groups -OCH3 is 2. The van der Waals surface area contributed by atoms with E-state index >= 15 is 0 Å². The molecule has 2 aromatic rings. The average Bonchev–Trinajstić information content (AvgIpc) is 2.54. The van der Waals surface area contributed by atoms with Crippen molar-refractivity contribution in [2.45, 2.75) is 13.3 Å². The molecule has 0 aliphatic rings. The van der Waals surface area contributed by atoms with Crippen LogP contribution < -0.4 is 14.8 Å². The zero-order chi connectivity index (χ0) is 15.9. The third-order valence-corrected chi connectivity index (χ3v) is 3.67. The van der Waals surface area contributed by atoms with Crippen LogP contribution in [0.1, 0.15) is 12.5 Å². The lowest BCUT2D eigenvalue weighted by Crippen LogP contribution is -2.15. The van der Waals surface area contributed by atoms with E-state index < -0.39 is 0 Å². The molecule has 2 rings (SSSR count). The molecular formula is C16H20BrN3O2. The summed E-state index contributed by atoms with van der Waals surface area (Å²) in [5, 5.41) is 3.24. The second-order valence-electron chi connectivity index (χ2n) is 5.10. The molecule has 6 heteroatoms. The van der Waals surface area contributed by atoms with Gasteiger partial charge in [0.1, 0.15) is 0 Å². The van der Waals surface area contributed by atoms with Gasteiger partial charge in [-0.3, -0.25) is 0 Å². The highest BCUT2D eigenvalue weighted by molar-refractivity contribution is 9.10. The largest absolute Gasteiger partial charge is 0.493 e. The van der Waals surface area contributed by atoms with Crippen LogP contribution in [0.15, 0.2) is 35.1 Å². The second-order valence-corrected chi connectivity index (χ2v) is 6.02. The van der Waals surface area contributed by atoms with Gasteiger partial charge < -0.3 is 14.8 Å². The summed E-state index contributed by atoms with van der Waals surface area (Å²) in [6, 6.07) is 6.02. The Labute approximate surface area is 139 Å². The second kappa shape index (κ2) is 7.98. The van der Waals surface area contributed by atoms with Crippen LogP contribution in [0.2, 0.25) is 0 Å². The van der Waals surface area contributed by atoms with Gasteiger partial charge in [-0.15, -0.1) is 0 Å². The molecule has 0 bridgehead atoms. The van der Waals surface area contributed by atoms with E-state index in [0.717, 1.165) is 28.9 Å². The fourth-order valence-electron chi connectivity index (χ4n) is 2.15. The quantitative estimate of drug-likeness (QED) is 0.812. The van der Waals surface area contributed by atoms with Crippen molar-refractivity contribution in [3.05, 3.63) is 40.6 Å². The average molecular weight is 366 g/mol. The predicted molar refractivity (Wildman–Crippen MR) is 90.6 cm³/mol. The first-order valence-electron chi connectivity index (χ1n) is 7.04. The van der Waals surface area contributed by atoms with Crippen LogP contribution in [0.3, 0.4) is 0 Å². The molecule has 118 valence electrons. The first-order valence-corrected chi connectivity index (χ1v) is 7.84. The van der Waals surface area contributed by atoms with Gasteiger partial charge in [-0.05, 0) is 46.0 Å². The first kappa shape index (κ1) is 16.5. The molecule has 0 saturated carbocycles. The van der Waals surface area contributed by atoms with E-state index in [-0.39, 0.29) is 0 Å². The molecule has 0 aliphatic heterocycles. The smallest absolute Gasteiger partial charge is 0.222 e. The van der Waals surface area contributed by atoms with Crippen LogP contribution in [-0.2, 0) is 6.42 Å². The van der Waals surface area contributed by atoms with Crippen molar-refractivity contribution < 1.29 is 9.47 Å². The first-order chi connectivity index (χ1) is 10.6. The molecule has 1 aromatic heterocycles. The number of halogens is 1. The van der Waals surface area contributed by atoms with Gasteiger partial charge in [-0.25, -0.2) is 9.97 Å². The summed E-state index contributed by atoms with van der Waals surface area (Å²) < 4.78 is 11.5. The van der Waals surface area contributed by atoms with Crippen molar-refractivity contribution in [1.82, 2.24) is 9.97 Å². The number of hydrogen-bond donors (Lipinski definition) is 1. The Morgan fingerprint density at radius 1 is 1.14 bits per heavy atom. The highest BCUT2D eigenvalue weighted by atomic mass is 79.9. The minimum Gasteiger partial charge on any atom is -0.493 e. The molecule has 0 spiro atoms. The van der Waals surface area contributed by atoms with Crippen LogP contribution >= 0.6 is 15.9 Å². The van der Waals surface area contributed by atoms with Gasteiger partial charge in [-0.1, -0.05) is 13.0 Å². The van der Waals surface area contributed by atoms with E-state index in [1.807, 2.05) is 12.1 Å². The van der Waals surface area contributed by atoms with Crippen LogP contribution in [0, 0.1) is 5.92 Å². The number of aromatic nitrogens is 2. The van der Waals surface area contributed by atoms with Crippen molar-refractivity contribution in [2.24, 2.45) is 5.92 Å². The molecule has 0 amide bonds. The predicted octanol–water partition coefficient (Wildman–Crippen LogP) is 3.55. The highest BCUT2D eigenvalue weighted by Gasteiger charge is 2.09. The third-order valence-electron chi connectivity index (χ3n) is 3.26. The van der Waals surface area contributed by atoms with Crippen LogP contribution in [0.4, 0.5) is 5.95 Å². The van der Waals surface area contributed by atoms with E-state index in [4.69, 9.17) is 9.47 Å². The summed E-state index contributed by atoms with van der Waals surface area (Å²) in [6.45, 7) is 2.98. The molecule has 1 unspecified atom stereocenters. The summed E-state index contributed by atoms with van der Waals surface area (Å²) in [7, 11) is 3.29. The molecule has 5 nitrogen and oxygen atoms in total. The Kier molecular flexibility index (Phi) is 6.00. The van der Waals surface area contributed by atoms with E-state index in [1.54, 1.807) is 26.6 Å². The van der Waals surface area contributed by atoms with Crippen LogP contribution in [0.25, 0.3) is 0 Å². The minimum atomic E-state index is 0.436. The number of anilines is 1. The topological polar surface area (TPSA) is 56.3 Å². The van der Waals surface area contributed by atoms with E-state index in [2.05, 4.69) is 44.2 Å². The van der Waals surface area contributed by atoms with E-state index in [1.165, 1.54) is 5.56 Å². The minimum absolute atomic E-state index is 0.436. The number of nitrogens with one attached hydrogen (secondary N) is 1. The lowest BCUT2D eigenvalue weighted by atomic mass is 10.0. The van der Waals surface area contributed by atoms with Gasteiger partial charge in [0.25, 0.3) is 0 Å². The maximum absolute atomic E-state index is 5.33. The monoisotopic (exact) mass is 365 g/mol. The van der Waals surface area contributed by atoms with Crippen LogP contribution in [0.5, 0.6) is 11.5 Å². The zero-order valence-corrected chi connectivity index (χ0v) is 14.6. The fraction of sp³-hybridized carbons (Fsp3) is 0.375. The zero-order valence-electron chi connectivity index (χ0n) is 13.0. The number of nitrogens with zero attached hydrogens (tertiary/aromatic N) is 2. The van der Waals surface area contributed by atoms with Crippen molar-refractivity contribution >= 4 is 21.9 Å². The maximum Gasteiger partial charge on any atom is 0.222 e. The van der Waals surface area contributed by atoms with Gasteiger partial charge in [-0.2, -0.15) is 0 Å². The maximum atomic E-state index is 5.33. The molecule has 0 radical (unpaired) electrons. The molecule has 0 fully saturated rings. The summed E-state index contributed by atoms with van der Waals surface area (Å²) in [5.41, 5.74) is 1.21. The van der Waals surface area contributed by atoms with E-state index in [9.17, 15) is 0 Å². The lowest BCUT2D eigenvalue weighted by Gasteiger charge is -2.14. The van der Waals surface area contributed by atoms with Crippen LogP contribution in [-0.4, -0.2) is 30.7 Å². The molecule has 0 aliphatic carbocycles. The Balaban J connectivity index is 1.91. The van der Waals surface area contributed by atoms with Gasteiger partial charge in [0.15, 0.2) is 11.5 Å². The molecule has 22 heavy (non-hydrogen) atoms. The molecular weight excluding hydrogens is 346 g/mol. The molecule has 1 atom stereocenters. The Morgan fingerprint density at radius 2 is 1.82 bits per heavy atom. The Hall–Kier alpha value is -1.82. The van der Waals surface area contributed by atoms with Crippen molar-refractivity contribution in [2.75, 3.05) is 26.1 Å². The standard InChI is InChI=1S/C16H20BrN3O2/c1-11(8-18-16-19-9-13(17)10-20-16)6-12-4-5-14(21-2)15(7-12)22-3/h4-5,7,9-11H,6,8H2,1-3H3,(H,18,19,20). The molecule has 1 aromatic carbocycles. The van der Waals surface area contributed by atoms with Crippen molar-refractivity contribution in [3.8, 4) is 11.5 Å². The molecule has 0 saturated heterocycles. The lowest BCUT2D eigenvalue weighted by molar-refractivity contribution is 0.354. The number of benzene rings is 1. The number of rotatable bonds is 7. The summed E-state index contributed by atoms with van der Waals surface area (Å²) in [4.78, 5) is 8.40. The van der Waals surface area contributed by atoms with Gasteiger partial charge >= 0.3 is 0 Å². The Morgan fingerprint density at radius 3 is 2.45 bits per heavy atom. The van der Waals surface area contributed by atoms with E-state index in [0.29, 0.717) is 11.9 Å². The third kappa shape index (κ3) is 4.59. The molecule has 1 heterocycles. The Bertz CT molecular complexity index is 605. The summed E-state index contributed by atoms with van der Waals surface area (Å²) in [6.07, 6.45) is 4.40. The summed E-state index contributed by atoms with van der Waals surface area (Å²) >= 11 is 3.32. The SMILES string of the molecule is COc1ccc(CC(C)CNc2ncc(Br)cn2)cc1OC. The van der Waals surface area contributed by atoms with Crippen molar-refractivity contribution in [1.29, 1.82) is 0 Å². The normalized spacial score (nSPS) is 11.8. The fourth-order valence-corrected chi connectivity index (χ4v) is 2.36. The van der Waals surface area contributed by atoms with Gasteiger partial charge in [0, 0.05) is 18.9 Å². The van der Waals surface area contributed by atoms with Gasteiger partial charge in [0.05, 0.1) is 18.7 Å². The number of ether oxygens (including phenoxy) is 2. The van der Waals surface area contributed by atoms with Gasteiger partial charge in [0.2, 0.25) is 5.95 Å².